The first kappa shape index (κ1) is 28.6. The molecule has 0 radical (unpaired) electrons. The second-order valence-electron chi connectivity index (χ2n) is 13.7. The number of aromatic nitrogens is 5. The highest BCUT2D eigenvalue weighted by Gasteiger charge is 2.49. The predicted octanol–water partition coefficient (Wildman–Crippen LogP) is 5.73. The van der Waals surface area contributed by atoms with E-state index in [1.165, 1.54) is 0 Å². The van der Waals surface area contributed by atoms with Gasteiger partial charge in [0.25, 0.3) is 0 Å². The number of carbonyl (C=O) groups is 1. The van der Waals surface area contributed by atoms with Crippen LogP contribution in [-0.2, 0) is 9.53 Å². The summed E-state index contributed by atoms with van der Waals surface area (Å²) >= 11 is 6.91. The highest BCUT2D eigenvalue weighted by Crippen LogP contribution is 2.56. The molecular weight excluding hydrogens is 616 g/mol. The number of anilines is 1. The number of rotatable bonds is 3. The molecule has 10 rings (SSSR count). The lowest BCUT2D eigenvalue weighted by Gasteiger charge is -2.34. The van der Waals surface area contributed by atoms with Gasteiger partial charge in [-0.1, -0.05) is 11.6 Å². The maximum Gasteiger partial charge on any atom is 0.319 e. The number of ether oxygens (including phenoxy) is 2. The van der Waals surface area contributed by atoms with Crippen molar-refractivity contribution < 1.29 is 23.0 Å². The molecule has 3 aromatic heterocycles. The number of aromatic amines is 1. The van der Waals surface area contributed by atoms with Gasteiger partial charge in [0.15, 0.2) is 5.82 Å². The quantitative estimate of drug-likeness (QED) is 0.279. The number of carbonyl (C=O) groups excluding carboxylic acids is 1. The molecule has 1 saturated carbocycles. The van der Waals surface area contributed by atoms with Gasteiger partial charge in [0.05, 0.1) is 29.2 Å². The molecule has 3 saturated heterocycles. The lowest BCUT2D eigenvalue weighted by atomic mass is 9.94. The monoisotopic (exact) mass is 649 g/mol. The van der Waals surface area contributed by atoms with Crippen molar-refractivity contribution in [3.05, 3.63) is 34.9 Å². The lowest BCUT2D eigenvalue weighted by molar-refractivity contribution is -0.149. The fourth-order valence-corrected chi connectivity index (χ4v) is 8.88. The number of fused-ring (bicyclic) bond motifs is 6. The summed E-state index contributed by atoms with van der Waals surface area (Å²) in [7, 11) is 0. The van der Waals surface area contributed by atoms with Gasteiger partial charge in [0.1, 0.15) is 35.9 Å². The normalized spacial score (nSPS) is 29.3. The molecule has 4 aromatic rings. The fourth-order valence-electron chi connectivity index (χ4n) is 8.54. The Kier molecular flexibility index (Phi) is 6.64. The molecule has 240 valence electrons. The number of pyridine rings is 1. The molecule has 5 atom stereocenters. The molecule has 5 aliphatic heterocycles. The van der Waals surface area contributed by atoms with Crippen molar-refractivity contribution in [2.75, 3.05) is 37.7 Å². The highest BCUT2D eigenvalue weighted by atomic mass is 35.5. The molecular formula is C33H34ClF2N7O3. The molecule has 13 heteroatoms. The van der Waals surface area contributed by atoms with Crippen LogP contribution in [-0.4, -0.2) is 86.6 Å². The standard InChI is InChI=1S/C33H34ClF2N7O3/c34-23-10-24-21(13-38-41-24)27-26(23)20-9-17(20)4-5-25(44)46-19-3-1-7-42(15-19)31-22-12-37-30(27)28(36)29(22)39-32(40-31)45-16-33-6-2-8-43(33)14-18(35)11-33/h10,12-13,17-20H,1-9,11,14-16H2,(H,38,41)/t17-,18+,19-,20-,33-/m0/s1. The third kappa shape index (κ3) is 4.62. The zero-order valence-electron chi connectivity index (χ0n) is 25.3. The average molecular weight is 650 g/mol. The molecule has 0 unspecified atom stereocenters. The molecule has 0 spiro atoms. The van der Waals surface area contributed by atoms with Crippen LogP contribution < -0.4 is 9.64 Å². The van der Waals surface area contributed by atoms with E-state index in [1.807, 2.05) is 11.0 Å². The van der Waals surface area contributed by atoms with Crippen LogP contribution in [0.1, 0.15) is 62.8 Å². The van der Waals surface area contributed by atoms with Crippen LogP contribution in [0.3, 0.4) is 0 Å². The first-order valence-electron chi connectivity index (χ1n) is 16.4. The number of H-pyrrole nitrogens is 1. The highest BCUT2D eigenvalue weighted by molar-refractivity contribution is 6.33. The van der Waals surface area contributed by atoms with Gasteiger partial charge in [-0.15, -0.1) is 0 Å². The summed E-state index contributed by atoms with van der Waals surface area (Å²) in [6.45, 7) is 2.51. The van der Waals surface area contributed by atoms with Gasteiger partial charge in [-0.2, -0.15) is 15.1 Å². The second-order valence-corrected chi connectivity index (χ2v) is 14.1. The summed E-state index contributed by atoms with van der Waals surface area (Å²) in [4.78, 5) is 31.3. The molecule has 6 bridgehead atoms. The van der Waals surface area contributed by atoms with E-state index in [2.05, 4.69) is 20.1 Å². The van der Waals surface area contributed by atoms with Gasteiger partial charge in [-0.3, -0.25) is 19.8 Å². The number of halogens is 3. The van der Waals surface area contributed by atoms with E-state index in [4.69, 9.17) is 31.0 Å². The number of nitrogens with zero attached hydrogens (tertiary/aromatic N) is 6. The van der Waals surface area contributed by atoms with E-state index in [0.717, 1.165) is 44.2 Å². The average Bonchev–Trinajstić information content (AvgIpc) is 3.29. The zero-order valence-corrected chi connectivity index (χ0v) is 26.0. The van der Waals surface area contributed by atoms with E-state index in [0.29, 0.717) is 71.6 Å². The van der Waals surface area contributed by atoms with Crippen molar-refractivity contribution in [3.8, 4) is 17.3 Å². The number of benzene rings is 1. The van der Waals surface area contributed by atoms with Gasteiger partial charge in [0.2, 0.25) is 0 Å². The van der Waals surface area contributed by atoms with Crippen LogP contribution in [0.4, 0.5) is 14.6 Å². The molecule has 4 fully saturated rings. The smallest absolute Gasteiger partial charge is 0.319 e. The Morgan fingerprint density at radius 1 is 1.15 bits per heavy atom. The molecule has 46 heavy (non-hydrogen) atoms. The van der Waals surface area contributed by atoms with Gasteiger partial charge >= 0.3 is 12.0 Å². The largest absolute Gasteiger partial charge is 0.461 e. The number of piperidine rings is 1. The first-order chi connectivity index (χ1) is 22.4. The Bertz CT molecular complexity index is 1890. The van der Waals surface area contributed by atoms with Gasteiger partial charge < -0.3 is 14.4 Å². The minimum Gasteiger partial charge on any atom is -0.461 e. The number of hydrogen-bond acceptors (Lipinski definition) is 9. The van der Waals surface area contributed by atoms with Crippen LogP contribution >= 0.6 is 11.6 Å². The van der Waals surface area contributed by atoms with Crippen LogP contribution in [0.5, 0.6) is 6.01 Å². The SMILES string of the molecule is O=C1CC[C@H]2C[C@@H]2c2c(Cl)cc3[nH]ncc3c2-c2ncc3c(nc(OC[C@@]45CCCN4C[C@H](F)C5)nc3c2F)N2CCC[C@@H](C2)O1. The minimum atomic E-state index is -0.902. The van der Waals surface area contributed by atoms with Crippen LogP contribution in [0.2, 0.25) is 5.02 Å². The Morgan fingerprint density at radius 3 is 2.98 bits per heavy atom. The number of nitrogens with one attached hydrogen (secondary N) is 1. The molecule has 8 heterocycles. The topological polar surface area (TPSA) is 109 Å². The van der Waals surface area contributed by atoms with E-state index in [9.17, 15) is 9.18 Å². The van der Waals surface area contributed by atoms with Gasteiger partial charge in [-0.25, -0.2) is 8.78 Å². The Labute approximate surface area is 268 Å². The first-order valence-corrected chi connectivity index (χ1v) is 16.7. The van der Waals surface area contributed by atoms with Crippen molar-refractivity contribution in [3.63, 3.8) is 0 Å². The van der Waals surface area contributed by atoms with E-state index >= 15 is 4.39 Å². The van der Waals surface area contributed by atoms with E-state index in [-0.39, 0.29) is 47.7 Å². The maximum atomic E-state index is 17.1. The van der Waals surface area contributed by atoms with Crippen molar-refractivity contribution in [2.45, 2.75) is 75.1 Å². The number of esters is 1. The Morgan fingerprint density at radius 2 is 2.07 bits per heavy atom. The Hall–Kier alpha value is -3.64. The molecule has 10 nitrogen and oxygen atoms in total. The lowest BCUT2D eigenvalue weighted by Crippen LogP contribution is -2.43. The molecule has 1 N–H and O–H groups in total. The third-order valence-corrected chi connectivity index (χ3v) is 11.1. The predicted molar refractivity (Wildman–Crippen MR) is 167 cm³/mol. The number of alkyl halides is 1. The van der Waals surface area contributed by atoms with Crippen molar-refractivity contribution in [2.24, 2.45) is 5.92 Å². The molecule has 0 amide bonds. The summed E-state index contributed by atoms with van der Waals surface area (Å²) in [5, 5.41) is 8.85. The van der Waals surface area contributed by atoms with Crippen molar-refractivity contribution >= 4 is 45.2 Å². The Balaban J connectivity index is 1.22. The summed E-state index contributed by atoms with van der Waals surface area (Å²) in [5.74, 6) is -0.0635. The molecule has 1 aromatic carbocycles. The van der Waals surface area contributed by atoms with Crippen LogP contribution in [0, 0.1) is 11.7 Å². The summed E-state index contributed by atoms with van der Waals surface area (Å²) in [6, 6.07) is 1.85. The summed E-state index contributed by atoms with van der Waals surface area (Å²) in [6.07, 6.45) is 7.61. The van der Waals surface area contributed by atoms with Gasteiger partial charge in [0, 0.05) is 48.1 Å². The van der Waals surface area contributed by atoms with E-state index < -0.39 is 17.5 Å². The maximum absolute atomic E-state index is 17.1. The molecule has 6 aliphatic rings. The van der Waals surface area contributed by atoms with Crippen LogP contribution in [0.15, 0.2) is 18.5 Å². The van der Waals surface area contributed by atoms with Crippen molar-refractivity contribution in [1.82, 2.24) is 30.0 Å². The van der Waals surface area contributed by atoms with E-state index in [1.54, 1.807) is 12.4 Å². The summed E-state index contributed by atoms with van der Waals surface area (Å²) < 4.78 is 43.8. The summed E-state index contributed by atoms with van der Waals surface area (Å²) in [5.41, 5.74) is 1.87. The minimum absolute atomic E-state index is 0.0318. The second kappa shape index (κ2) is 10.7. The third-order valence-electron chi connectivity index (χ3n) is 10.8. The van der Waals surface area contributed by atoms with Gasteiger partial charge in [-0.05, 0) is 68.5 Å². The number of hydrogen-bond donors (Lipinski definition) is 1. The zero-order chi connectivity index (χ0) is 31.2. The van der Waals surface area contributed by atoms with Crippen LogP contribution in [0.25, 0.3) is 33.1 Å². The fraction of sp³-hybridized carbons (Fsp3) is 0.545. The van der Waals surface area contributed by atoms with Crippen molar-refractivity contribution in [1.29, 1.82) is 0 Å². The molecule has 1 aliphatic carbocycles.